The SMILES string of the molecule is CCCCCCCCCCCCCCC(=O)I. The molecule has 0 saturated heterocycles. The minimum Gasteiger partial charge on any atom is -0.288 e. The Labute approximate surface area is 121 Å². The lowest BCUT2D eigenvalue weighted by Gasteiger charge is -2.02. The number of carbonyl (C=O) groups is 1. The Balaban J connectivity index is 2.91. The third-order valence-corrected chi connectivity index (χ3v) is 3.77. The molecule has 0 atom stereocenters. The summed E-state index contributed by atoms with van der Waals surface area (Å²) in [4.78, 5) is 10.7. The fourth-order valence-electron chi connectivity index (χ4n) is 2.10. The summed E-state index contributed by atoms with van der Waals surface area (Å²) in [5.41, 5.74) is 0. The van der Waals surface area contributed by atoms with Crippen LogP contribution in [0.25, 0.3) is 0 Å². The van der Waals surface area contributed by atoms with Crippen LogP contribution in [0.5, 0.6) is 0 Å². The average molecular weight is 352 g/mol. The van der Waals surface area contributed by atoms with Crippen molar-refractivity contribution in [2.24, 2.45) is 0 Å². The predicted octanol–water partition coefficient (Wildman–Crippen LogP) is 6.04. The van der Waals surface area contributed by atoms with Gasteiger partial charge in [0.05, 0.1) is 0 Å². The predicted molar refractivity (Wildman–Crippen MR) is 84.7 cm³/mol. The van der Waals surface area contributed by atoms with Crippen LogP contribution < -0.4 is 0 Å². The molecule has 0 fully saturated rings. The van der Waals surface area contributed by atoms with Crippen molar-refractivity contribution in [1.29, 1.82) is 0 Å². The highest BCUT2D eigenvalue weighted by Crippen LogP contribution is 2.12. The number of carbonyl (C=O) groups excluding carboxylic acids is 1. The molecule has 0 aromatic heterocycles. The van der Waals surface area contributed by atoms with Crippen LogP contribution in [-0.4, -0.2) is 3.79 Å². The molecule has 0 heterocycles. The Morgan fingerprint density at radius 1 is 0.706 bits per heavy atom. The van der Waals surface area contributed by atoms with Crippen molar-refractivity contribution in [2.45, 2.75) is 90.4 Å². The number of unbranched alkanes of at least 4 members (excludes halogenated alkanes) is 11. The molecule has 1 nitrogen and oxygen atoms in total. The molecule has 0 aliphatic heterocycles. The van der Waals surface area contributed by atoms with Crippen molar-refractivity contribution in [3.63, 3.8) is 0 Å². The van der Waals surface area contributed by atoms with Gasteiger partial charge in [0.15, 0.2) is 3.79 Å². The molecule has 0 bridgehead atoms. The normalized spacial score (nSPS) is 10.7. The van der Waals surface area contributed by atoms with Crippen molar-refractivity contribution >= 4 is 26.4 Å². The van der Waals surface area contributed by atoms with Gasteiger partial charge in [0, 0.05) is 6.42 Å². The van der Waals surface area contributed by atoms with Gasteiger partial charge in [0.2, 0.25) is 0 Å². The molecule has 0 amide bonds. The Bertz CT molecular complexity index is 168. The lowest BCUT2D eigenvalue weighted by Crippen LogP contribution is -1.86. The van der Waals surface area contributed by atoms with Gasteiger partial charge in [-0.15, -0.1) is 0 Å². The molecule has 0 saturated carbocycles. The molecular weight excluding hydrogens is 323 g/mol. The molecule has 0 unspecified atom stereocenters. The molecule has 0 rings (SSSR count). The minimum atomic E-state index is 0.315. The zero-order valence-corrected chi connectivity index (χ0v) is 13.6. The van der Waals surface area contributed by atoms with Crippen LogP contribution in [0.1, 0.15) is 90.4 Å². The summed E-state index contributed by atoms with van der Waals surface area (Å²) in [5.74, 6) is 0. The van der Waals surface area contributed by atoms with Crippen molar-refractivity contribution < 1.29 is 4.79 Å². The van der Waals surface area contributed by atoms with Crippen LogP contribution in [0.15, 0.2) is 0 Å². The summed E-state index contributed by atoms with van der Waals surface area (Å²) in [5, 5.41) is 0. The lowest BCUT2D eigenvalue weighted by molar-refractivity contribution is -0.109. The van der Waals surface area contributed by atoms with Crippen molar-refractivity contribution in [2.75, 3.05) is 0 Å². The fraction of sp³-hybridized carbons (Fsp3) is 0.933. The van der Waals surface area contributed by atoms with E-state index in [1.807, 2.05) is 22.6 Å². The van der Waals surface area contributed by atoms with E-state index in [-0.39, 0.29) is 0 Å². The van der Waals surface area contributed by atoms with Gasteiger partial charge in [0.25, 0.3) is 0 Å². The Morgan fingerprint density at radius 2 is 1.06 bits per heavy atom. The maximum absolute atomic E-state index is 10.7. The van der Waals surface area contributed by atoms with Crippen LogP contribution in [0.3, 0.4) is 0 Å². The smallest absolute Gasteiger partial charge is 0.192 e. The van der Waals surface area contributed by atoms with Gasteiger partial charge < -0.3 is 0 Å². The maximum Gasteiger partial charge on any atom is 0.192 e. The highest BCUT2D eigenvalue weighted by atomic mass is 127. The monoisotopic (exact) mass is 352 g/mol. The summed E-state index contributed by atoms with van der Waals surface area (Å²) in [7, 11) is 0. The Hall–Kier alpha value is 0.400. The second-order valence-corrected chi connectivity index (χ2v) is 6.20. The van der Waals surface area contributed by atoms with Gasteiger partial charge in [-0.1, -0.05) is 77.6 Å². The van der Waals surface area contributed by atoms with Crippen molar-refractivity contribution in [1.82, 2.24) is 0 Å². The molecule has 0 aromatic rings. The zero-order chi connectivity index (χ0) is 12.8. The van der Waals surface area contributed by atoms with Gasteiger partial charge in [-0.25, -0.2) is 0 Å². The molecule has 0 aromatic carbocycles. The lowest BCUT2D eigenvalue weighted by atomic mass is 10.0. The van der Waals surface area contributed by atoms with Gasteiger partial charge >= 0.3 is 0 Å². The summed E-state index contributed by atoms with van der Waals surface area (Å²) in [6.45, 7) is 2.27. The van der Waals surface area contributed by atoms with E-state index in [2.05, 4.69) is 6.92 Å². The van der Waals surface area contributed by atoms with E-state index in [0.29, 0.717) is 3.79 Å². The van der Waals surface area contributed by atoms with Crippen molar-refractivity contribution in [3.05, 3.63) is 0 Å². The Kier molecular flexibility index (Phi) is 14.8. The summed E-state index contributed by atoms with van der Waals surface area (Å²) in [6, 6.07) is 0. The summed E-state index contributed by atoms with van der Waals surface area (Å²) < 4.78 is 0.315. The third-order valence-electron chi connectivity index (χ3n) is 3.23. The quantitative estimate of drug-likeness (QED) is 0.224. The minimum absolute atomic E-state index is 0.315. The number of hydrogen-bond acceptors (Lipinski definition) is 1. The van der Waals surface area contributed by atoms with E-state index in [1.165, 1.54) is 70.6 Å². The van der Waals surface area contributed by atoms with Gasteiger partial charge in [-0.2, -0.15) is 0 Å². The van der Waals surface area contributed by atoms with Gasteiger partial charge in [0.1, 0.15) is 0 Å². The third kappa shape index (κ3) is 16.4. The van der Waals surface area contributed by atoms with Crippen LogP contribution in [0.4, 0.5) is 0 Å². The van der Waals surface area contributed by atoms with Crippen LogP contribution in [-0.2, 0) is 4.79 Å². The van der Waals surface area contributed by atoms with E-state index in [9.17, 15) is 4.79 Å². The average Bonchev–Trinajstić information content (AvgIpc) is 2.30. The topological polar surface area (TPSA) is 17.1 Å². The largest absolute Gasteiger partial charge is 0.288 e. The van der Waals surface area contributed by atoms with Crippen LogP contribution in [0.2, 0.25) is 0 Å². The molecule has 0 spiro atoms. The summed E-state index contributed by atoms with van der Waals surface area (Å²) >= 11 is 1.90. The number of rotatable bonds is 13. The molecule has 2 heteroatoms. The van der Waals surface area contributed by atoms with Crippen LogP contribution >= 0.6 is 22.6 Å². The molecule has 102 valence electrons. The first-order valence-corrected chi connectivity index (χ1v) is 8.53. The number of halogens is 1. The first kappa shape index (κ1) is 17.4. The van der Waals surface area contributed by atoms with Gasteiger partial charge in [-0.3, -0.25) is 4.79 Å². The first-order chi connectivity index (χ1) is 8.27. The molecule has 0 radical (unpaired) electrons. The second kappa shape index (κ2) is 14.5. The zero-order valence-electron chi connectivity index (χ0n) is 11.5. The van der Waals surface area contributed by atoms with Crippen LogP contribution in [0, 0.1) is 0 Å². The fourth-order valence-corrected chi connectivity index (χ4v) is 2.49. The molecule has 0 aliphatic rings. The van der Waals surface area contributed by atoms with Gasteiger partial charge in [-0.05, 0) is 29.0 Å². The van der Waals surface area contributed by atoms with E-state index in [1.54, 1.807) is 0 Å². The standard InChI is InChI=1S/C15H29IO/c1-2-3-4-5-6-7-8-9-10-11-12-13-14-15(16)17/h2-14H2,1H3. The molecule has 17 heavy (non-hydrogen) atoms. The van der Waals surface area contributed by atoms with Crippen molar-refractivity contribution in [3.8, 4) is 0 Å². The summed E-state index contributed by atoms with van der Waals surface area (Å²) in [6.07, 6.45) is 17.1. The molecule has 0 N–H and O–H groups in total. The first-order valence-electron chi connectivity index (χ1n) is 7.45. The highest BCUT2D eigenvalue weighted by Gasteiger charge is 1.96. The van der Waals surface area contributed by atoms with E-state index in [4.69, 9.17) is 0 Å². The molecule has 0 aliphatic carbocycles. The van der Waals surface area contributed by atoms with E-state index < -0.39 is 0 Å². The number of hydrogen-bond donors (Lipinski definition) is 0. The van der Waals surface area contributed by atoms with E-state index >= 15 is 0 Å². The second-order valence-electron chi connectivity index (χ2n) is 4.99. The molecular formula is C15H29IO. The highest BCUT2D eigenvalue weighted by molar-refractivity contribution is 14.1. The Morgan fingerprint density at radius 3 is 1.41 bits per heavy atom. The maximum atomic E-state index is 10.7. The van der Waals surface area contributed by atoms with E-state index in [0.717, 1.165) is 12.8 Å².